The molecule has 1 atom stereocenters. The molecule has 0 saturated heterocycles. The van der Waals surface area contributed by atoms with Gasteiger partial charge in [-0.2, -0.15) is 0 Å². The van der Waals surface area contributed by atoms with Crippen molar-refractivity contribution in [3.8, 4) is 0 Å². The van der Waals surface area contributed by atoms with E-state index in [0.717, 1.165) is 11.3 Å². The Hall–Kier alpha value is -1.87. The van der Waals surface area contributed by atoms with Crippen molar-refractivity contribution >= 4 is 5.69 Å². The predicted molar refractivity (Wildman–Crippen MR) is 70.8 cm³/mol. The van der Waals surface area contributed by atoms with Gasteiger partial charge in [0.25, 0.3) is 0 Å². The topological polar surface area (TPSA) is 32.3 Å². The van der Waals surface area contributed by atoms with Crippen LogP contribution in [-0.2, 0) is 6.54 Å². The quantitative estimate of drug-likeness (QED) is 0.864. The van der Waals surface area contributed by atoms with Crippen LogP contribution in [0.5, 0.6) is 0 Å². The molecule has 0 fully saturated rings. The van der Waals surface area contributed by atoms with Crippen LogP contribution in [0.2, 0.25) is 0 Å². The zero-order valence-corrected chi connectivity index (χ0v) is 10.2. The average Bonchev–Trinajstić information content (AvgIpc) is 2.38. The highest BCUT2D eigenvalue weighted by Crippen LogP contribution is 2.23. The smallest absolute Gasteiger partial charge is 0.128 e. The molecule has 18 heavy (non-hydrogen) atoms. The summed E-state index contributed by atoms with van der Waals surface area (Å²) in [5.74, 6) is -0.223. The molecule has 0 aliphatic heterocycles. The fourth-order valence-corrected chi connectivity index (χ4v) is 1.85. The lowest BCUT2D eigenvalue weighted by Gasteiger charge is -2.14. The van der Waals surface area contributed by atoms with Crippen LogP contribution in [0.4, 0.5) is 10.1 Å². The minimum atomic E-state index is -0.547. The molecule has 94 valence electrons. The van der Waals surface area contributed by atoms with Crippen LogP contribution in [0.15, 0.2) is 48.5 Å². The number of halogens is 1. The summed E-state index contributed by atoms with van der Waals surface area (Å²) < 4.78 is 13.5. The number of benzene rings is 2. The van der Waals surface area contributed by atoms with Gasteiger partial charge in [-0.3, -0.25) is 0 Å². The SMILES string of the molecule is CC(O)c1ccccc1NCc1ccccc1F. The van der Waals surface area contributed by atoms with Crippen LogP contribution in [0.3, 0.4) is 0 Å². The Kier molecular flexibility index (Phi) is 3.95. The molecule has 0 radical (unpaired) electrons. The average molecular weight is 245 g/mol. The number of aliphatic hydroxyl groups excluding tert-OH is 1. The zero-order valence-electron chi connectivity index (χ0n) is 10.2. The van der Waals surface area contributed by atoms with E-state index >= 15 is 0 Å². The van der Waals surface area contributed by atoms with Gasteiger partial charge in [0.2, 0.25) is 0 Å². The molecule has 3 heteroatoms. The number of hydrogen-bond donors (Lipinski definition) is 2. The molecule has 2 aromatic rings. The Labute approximate surface area is 106 Å². The maximum Gasteiger partial charge on any atom is 0.128 e. The van der Waals surface area contributed by atoms with E-state index < -0.39 is 6.10 Å². The third-order valence-corrected chi connectivity index (χ3v) is 2.84. The highest BCUT2D eigenvalue weighted by molar-refractivity contribution is 5.52. The summed E-state index contributed by atoms with van der Waals surface area (Å²) in [6.07, 6.45) is -0.547. The van der Waals surface area contributed by atoms with Gasteiger partial charge in [-0.15, -0.1) is 0 Å². The minimum Gasteiger partial charge on any atom is -0.389 e. The fraction of sp³-hybridized carbons (Fsp3) is 0.200. The van der Waals surface area contributed by atoms with Crippen molar-refractivity contribution in [3.05, 3.63) is 65.5 Å². The van der Waals surface area contributed by atoms with Gasteiger partial charge in [0, 0.05) is 23.4 Å². The molecular weight excluding hydrogens is 229 g/mol. The molecule has 0 heterocycles. The second kappa shape index (κ2) is 5.65. The van der Waals surface area contributed by atoms with Crippen molar-refractivity contribution in [3.63, 3.8) is 0 Å². The van der Waals surface area contributed by atoms with Crippen LogP contribution in [0, 0.1) is 5.82 Å². The lowest BCUT2D eigenvalue weighted by molar-refractivity contribution is 0.200. The van der Waals surface area contributed by atoms with E-state index in [-0.39, 0.29) is 5.82 Å². The van der Waals surface area contributed by atoms with Crippen molar-refractivity contribution in [2.24, 2.45) is 0 Å². The standard InChI is InChI=1S/C15H16FNO/c1-11(18)13-7-3-5-9-15(13)17-10-12-6-2-4-8-14(12)16/h2-9,11,17-18H,10H2,1H3. The Morgan fingerprint density at radius 2 is 1.78 bits per heavy atom. The first-order valence-electron chi connectivity index (χ1n) is 5.93. The molecule has 2 N–H and O–H groups in total. The highest BCUT2D eigenvalue weighted by Gasteiger charge is 2.07. The maximum atomic E-state index is 13.5. The summed E-state index contributed by atoms with van der Waals surface area (Å²) in [4.78, 5) is 0. The van der Waals surface area contributed by atoms with E-state index in [1.807, 2.05) is 24.3 Å². The third kappa shape index (κ3) is 2.87. The molecule has 2 aromatic carbocycles. The number of hydrogen-bond acceptors (Lipinski definition) is 2. The first kappa shape index (κ1) is 12.6. The van der Waals surface area contributed by atoms with Gasteiger partial charge < -0.3 is 10.4 Å². The van der Waals surface area contributed by atoms with E-state index in [4.69, 9.17) is 0 Å². The normalized spacial score (nSPS) is 12.2. The largest absolute Gasteiger partial charge is 0.389 e. The molecule has 2 nitrogen and oxygen atoms in total. The van der Waals surface area contributed by atoms with E-state index in [9.17, 15) is 9.50 Å². The minimum absolute atomic E-state index is 0.223. The third-order valence-electron chi connectivity index (χ3n) is 2.84. The fourth-order valence-electron chi connectivity index (χ4n) is 1.85. The Balaban J connectivity index is 2.14. The summed E-state index contributed by atoms with van der Waals surface area (Å²) in [6.45, 7) is 2.11. The molecule has 0 saturated carbocycles. The molecule has 0 bridgehead atoms. The molecule has 0 aromatic heterocycles. The van der Waals surface area contributed by atoms with Gasteiger partial charge >= 0.3 is 0 Å². The predicted octanol–water partition coefficient (Wildman–Crippen LogP) is 3.49. The van der Waals surface area contributed by atoms with Crippen LogP contribution in [0.25, 0.3) is 0 Å². The summed E-state index contributed by atoms with van der Waals surface area (Å²) in [5, 5.41) is 12.8. The monoisotopic (exact) mass is 245 g/mol. The van der Waals surface area contributed by atoms with Gasteiger partial charge in [0.15, 0.2) is 0 Å². The van der Waals surface area contributed by atoms with Crippen molar-refractivity contribution in [2.75, 3.05) is 5.32 Å². The van der Waals surface area contributed by atoms with E-state index in [0.29, 0.717) is 12.1 Å². The Bertz CT molecular complexity index is 525. The van der Waals surface area contributed by atoms with E-state index in [2.05, 4.69) is 5.32 Å². The zero-order chi connectivity index (χ0) is 13.0. The molecule has 0 aliphatic carbocycles. The van der Waals surface area contributed by atoms with E-state index in [1.54, 1.807) is 25.1 Å². The van der Waals surface area contributed by atoms with Gasteiger partial charge in [-0.1, -0.05) is 36.4 Å². The molecule has 0 aliphatic rings. The van der Waals surface area contributed by atoms with Crippen LogP contribution >= 0.6 is 0 Å². The number of rotatable bonds is 4. The van der Waals surface area contributed by atoms with Gasteiger partial charge in [-0.05, 0) is 19.1 Å². The van der Waals surface area contributed by atoms with Crippen LogP contribution in [-0.4, -0.2) is 5.11 Å². The molecular formula is C15H16FNO. The van der Waals surface area contributed by atoms with Crippen LogP contribution in [0.1, 0.15) is 24.2 Å². The summed E-state index contributed by atoms with van der Waals surface area (Å²) in [7, 11) is 0. The first-order chi connectivity index (χ1) is 8.68. The number of para-hydroxylation sites is 1. The summed E-state index contributed by atoms with van der Waals surface area (Å²) in [5.41, 5.74) is 2.25. The molecule has 0 spiro atoms. The highest BCUT2D eigenvalue weighted by atomic mass is 19.1. The summed E-state index contributed by atoms with van der Waals surface area (Å²) >= 11 is 0. The Morgan fingerprint density at radius 3 is 2.50 bits per heavy atom. The van der Waals surface area contributed by atoms with Gasteiger partial charge in [0.05, 0.1) is 6.10 Å². The van der Waals surface area contributed by atoms with Gasteiger partial charge in [-0.25, -0.2) is 4.39 Å². The second-order valence-corrected chi connectivity index (χ2v) is 4.21. The lowest BCUT2D eigenvalue weighted by atomic mass is 10.1. The number of nitrogens with one attached hydrogen (secondary N) is 1. The molecule has 0 amide bonds. The lowest BCUT2D eigenvalue weighted by Crippen LogP contribution is -2.05. The number of anilines is 1. The van der Waals surface area contributed by atoms with Crippen molar-refractivity contribution in [1.29, 1.82) is 0 Å². The summed E-state index contributed by atoms with van der Waals surface area (Å²) in [6, 6.07) is 14.2. The van der Waals surface area contributed by atoms with Gasteiger partial charge in [0.1, 0.15) is 5.82 Å². The second-order valence-electron chi connectivity index (χ2n) is 4.21. The Morgan fingerprint density at radius 1 is 1.11 bits per heavy atom. The van der Waals surface area contributed by atoms with Crippen molar-refractivity contribution in [2.45, 2.75) is 19.6 Å². The molecule has 2 rings (SSSR count). The maximum absolute atomic E-state index is 13.5. The number of aliphatic hydroxyl groups is 1. The van der Waals surface area contributed by atoms with E-state index in [1.165, 1.54) is 6.07 Å². The molecule has 1 unspecified atom stereocenters. The van der Waals surface area contributed by atoms with Crippen LogP contribution < -0.4 is 5.32 Å². The first-order valence-corrected chi connectivity index (χ1v) is 5.93. The van der Waals surface area contributed by atoms with Crippen molar-refractivity contribution in [1.82, 2.24) is 0 Å². The van der Waals surface area contributed by atoms with Crippen molar-refractivity contribution < 1.29 is 9.50 Å².